The highest BCUT2D eigenvalue weighted by atomic mass is 31.2. The minimum Gasteiger partial charge on any atom is -0.462 e. The molecule has 23 nitrogen and oxygen atoms in total. The number of aliphatic hydroxyl groups is 4. The van der Waals surface area contributed by atoms with Crippen molar-refractivity contribution in [2.24, 2.45) is 0 Å². The fourth-order valence-electron chi connectivity index (χ4n) is 16.7. The molecule has 2 aliphatic rings. The maximum atomic E-state index is 15.0. The van der Waals surface area contributed by atoms with Crippen molar-refractivity contribution < 1.29 is 101 Å². The van der Waals surface area contributed by atoms with Gasteiger partial charge in [-0.3, -0.25) is 33.3 Å². The molecule has 0 aromatic carbocycles. The average Bonchev–Trinajstić information content (AvgIpc) is 0.777. The Kier molecular flexibility index (Phi) is 72.2. The number of carbonyl (C=O) groups is 6. The Morgan fingerprint density at radius 3 is 0.900 bits per heavy atom. The minimum absolute atomic E-state index is 0.124. The second-order valence-corrected chi connectivity index (χ2v) is 36.7. The first kappa shape index (κ1) is 113. The molecule has 0 aromatic rings. The molecule has 2 rings (SSSR count). The van der Waals surface area contributed by atoms with Gasteiger partial charge in [0.1, 0.15) is 60.9 Å². The Hall–Kier alpha value is -3.35. The minimum atomic E-state index is -5.58. The number of hydrogen-bond donors (Lipinski definition) is 8. The Morgan fingerprint density at radius 1 is 0.333 bits per heavy atom. The molecule has 120 heavy (non-hydrogen) atoms. The SMILES string of the molecule is CCCCCCCCCCCCCCCC(=O)O[C@H](CCCCCCCCCCC)CC(=O)NC1C(O)[C@H](O)C(CO[C@@H]2OC(CO)[C@@H](OP(=O)(O)O)C(OC(=O)C[C@@H](CCCCCCCCCCC)OC(=O)CCCCCCCCCCCCC)C2NC(=O)C[C@@H](CCCCCCCCCCC)OC(=O)CCCCCCCCCCC)O[C@@H]1O. The van der Waals surface area contributed by atoms with Crippen LogP contribution in [-0.4, -0.2) is 159 Å². The summed E-state index contributed by atoms with van der Waals surface area (Å²) in [4.78, 5) is 106. The van der Waals surface area contributed by atoms with Crippen LogP contribution in [-0.2, 0) is 71.0 Å². The summed E-state index contributed by atoms with van der Waals surface area (Å²) in [6.07, 6.45) is 46.8. The van der Waals surface area contributed by atoms with E-state index in [0.717, 1.165) is 173 Å². The van der Waals surface area contributed by atoms with Gasteiger partial charge in [0.25, 0.3) is 0 Å². The molecule has 2 heterocycles. The van der Waals surface area contributed by atoms with Crippen molar-refractivity contribution in [3.8, 4) is 0 Å². The number of hydrogen-bond acceptors (Lipinski definition) is 19. The van der Waals surface area contributed by atoms with Gasteiger partial charge in [0, 0.05) is 19.3 Å². The molecule has 0 saturated carbocycles. The molecule has 0 radical (unpaired) electrons. The summed E-state index contributed by atoms with van der Waals surface area (Å²) in [7, 11) is -5.58. The normalized spacial score (nSPS) is 20.2. The predicted molar refractivity (Wildman–Crippen MR) is 478 cm³/mol. The number of unbranched alkanes of at least 4 members (excludes halogenated alkanes) is 54. The third-order valence-electron chi connectivity index (χ3n) is 24.1. The van der Waals surface area contributed by atoms with Gasteiger partial charge in [-0.05, 0) is 57.8 Å². The molecule has 24 heteroatoms. The number of phosphoric ester groups is 1. The lowest BCUT2D eigenvalue weighted by Gasteiger charge is -2.46. The topological polar surface area (TPSA) is 339 Å². The van der Waals surface area contributed by atoms with Gasteiger partial charge in [0.05, 0.1) is 32.5 Å². The van der Waals surface area contributed by atoms with E-state index in [4.69, 9.17) is 37.7 Å². The fraction of sp³-hybridized carbons (Fsp3) is 0.938. The monoisotopic (exact) mass is 1730 g/mol. The molecule has 6 unspecified atom stereocenters. The van der Waals surface area contributed by atoms with Gasteiger partial charge >= 0.3 is 31.7 Å². The molecule has 706 valence electrons. The van der Waals surface area contributed by atoms with Crippen LogP contribution in [0.4, 0.5) is 0 Å². The van der Waals surface area contributed by atoms with E-state index >= 15 is 0 Å². The average molecular weight is 1730 g/mol. The molecule has 0 bridgehead atoms. The number of carbonyl (C=O) groups excluding carboxylic acids is 6. The van der Waals surface area contributed by atoms with Crippen LogP contribution in [0.15, 0.2) is 0 Å². The van der Waals surface area contributed by atoms with Gasteiger partial charge in [-0.25, -0.2) is 4.57 Å². The quantitative estimate of drug-likeness (QED) is 0.0121. The summed E-state index contributed by atoms with van der Waals surface area (Å²) in [6.45, 7) is 11.4. The first-order valence-corrected chi connectivity index (χ1v) is 51.4. The first-order valence-electron chi connectivity index (χ1n) is 49.9. The molecule has 0 aromatic heterocycles. The fourth-order valence-corrected chi connectivity index (χ4v) is 17.3. The van der Waals surface area contributed by atoms with Crippen molar-refractivity contribution in [2.45, 2.75) is 564 Å². The summed E-state index contributed by atoms with van der Waals surface area (Å²) in [5, 5.41) is 51.8. The van der Waals surface area contributed by atoms with Crippen molar-refractivity contribution in [3.63, 3.8) is 0 Å². The standard InChI is InChI=1S/C96H181N2O21P/c1-7-13-19-25-31-37-39-40-42-48-54-59-65-70-85(102)113-78(67-61-55-49-43-33-27-21-15-9-3)73-83(100)97-89-92(107)91(106)82(116-95(89)108)77-112-96-90(98-84(101)74-79(68-62-56-50-44-34-28-22-16-10-4)114-86(103)71-64-58-52-46-36-30-24-18-12-6)94(93(81(76-99)117-96)119-120(109,110)111)118-88(105)75-80(69-63-57-51-45-35-29-23-17-11-5)115-87(104)72-66-60-53-47-41-38-32-26-20-14-8-2/h78-82,89-96,99,106-108H,7-77H2,1-6H3,(H,97,100)(H,98,101)(H2,109,110,111)/t78-,79-,80-,81?,82?,89?,90?,91-,92?,93-,94?,95+,96-/m1/s1. The van der Waals surface area contributed by atoms with E-state index in [0.29, 0.717) is 51.4 Å². The molecule has 2 amide bonds. The van der Waals surface area contributed by atoms with Crippen LogP contribution in [0.1, 0.15) is 485 Å². The highest BCUT2D eigenvalue weighted by Gasteiger charge is 2.53. The molecular formula is C96H181N2O21P. The third-order valence-corrected chi connectivity index (χ3v) is 24.6. The zero-order valence-electron chi connectivity index (χ0n) is 77.0. The molecular weight excluding hydrogens is 1550 g/mol. The van der Waals surface area contributed by atoms with Crippen LogP contribution in [0.2, 0.25) is 0 Å². The van der Waals surface area contributed by atoms with E-state index in [9.17, 15) is 63.5 Å². The molecule has 0 aliphatic carbocycles. The predicted octanol–water partition coefficient (Wildman–Crippen LogP) is 22.3. The van der Waals surface area contributed by atoms with Gasteiger partial charge in [0.15, 0.2) is 18.7 Å². The lowest BCUT2D eigenvalue weighted by molar-refractivity contribution is -0.297. The Morgan fingerprint density at radius 2 is 0.608 bits per heavy atom. The van der Waals surface area contributed by atoms with Crippen LogP contribution in [0.3, 0.4) is 0 Å². The Balaban J connectivity index is 2.56. The lowest BCUT2D eigenvalue weighted by atomic mass is 9.95. The van der Waals surface area contributed by atoms with Crippen LogP contribution in [0, 0.1) is 0 Å². The summed E-state index contributed by atoms with van der Waals surface area (Å²) in [5.74, 6) is -3.84. The largest absolute Gasteiger partial charge is 0.470 e. The van der Waals surface area contributed by atoms with Crippen LogP contribution in [0.5, 0.6) is 0 Å². The highest BCUT2D eigenvalue weighted by molar-refractivity contribution is 7.46. The van der Waals surface area contributed by atoms with E-state index < -0.39 is 149 Å². The van der Waals surface area contributed by atoms with E-state index in [1.54, 1.807) is 0 Å². The number of aliphatic hydroxyl groups excluding tert-OH is 4. The molecule has 8 N–H and O–H groups in total. The first-order chi connectivity index (χ1) is 58.2. The lowest BCUT2D eigenvalue weighted by Crippen LogP contribution is -2.67. The molecule has 2 aliphatic heterocycles. The van der Waals surface area contributed by atoms with Gasteiger partial charge in [-0.15, -0.1) is 0 Å². The molecule has 2 fully saturated rings. The second-order valence-electron chi connectivity index (χ2n) is 35.5. The van der Waals surface area contributed by atoms with Crippen molar-refractivity contribution in [1.82, 2.24) is 10.6 Å². The van der Waals surface area contributed by atoms with Gasteiger partial charge in [-0.1, -0.05) is 388 Å². The van der Waals surface area contributed by atoms with Crippen molar-refractivity contribution in [1.29, 1.82) is 0 Å². The van der Waals surface area contributed by atoms with Gasteiger partial charge < -0.3 is 74.0 Å². The van der Waals surface area contributed by atoms with Gasteiger partial charge in [0.2, 0.25) is 11.8 Å². The Bertz CT molecular complexity index is 2510. The van der Waals surface area contributed by atoms with Crippen LogP contribution in [0.25, 0.3) is 0 Å². The zero-order valence-corrected chi connectivity index (χ0v) is 77.9. The zero-order chi connectivity index (χ0) is 87.7. The van der Waals surface area contributed by atoms with Crippen molar-refractivity contribution in [3.05, 3.63) is 0 Å². The van der Waals surface area contributed by atoms with Crippen LogP contribution >= 0.6 is 7.82 Å². The summed E-state index contributed by atoms with van der Waals surface area (Å²) in [6, 6.07) is -3.37. The number of nitrogens with one attached hydrogen (secondary N) is 2. The number of phosphoric acid groups is 1. The number of esters is 4. The Labute approximate surface area is 729 Å². The van der Waals surface area contributed by atoms with Crippen molar-refractivity contribution >= 4 is 43.5 Å². The van der Waals surface area contributed by atoms with E-state index in [2.05, 4.69) is 52.2 Å². The number of amides is 2. The number of rotatable bonds is 84. The third kappa shape index (κ3) is 60.3. The van der Waals surface area contributed by atoms with E-state index in [1.165, 1.54) is 173 Å². The van der Waals surface area contributed by atoms with E-state index in [-0.39, 0.29) is 32.1 Å². The maximum absolute atomic E-state index is 15.0. The van der Waals surface area contributed by atoms with E-state index in [1.807, 2.05) is 0 Å². The summed E-state index contributed by atoms with van der Waals surface area (Å²) in [5.41, 5.74) is 0. The smallest absolute Gasteiger partial charge is 0.462 e. The number of ether oxygens (including phenoxy) is 7. The highest BCUT2D eigenvalue weighted by Crippen LogP contribution is 2.43. The molecule has 0 spiro atoms. The van der Waals surface area contributed by atoms with Crippen molar-refractivity contribution in [2.75, 3.05) is 13.2 Å². The second kappa shape index (κ2) is 76.8. The maximum Gasteiger partial charge on any atom is 0.470 e. The van der Waals surface area contributed by atoms with Gasteiger partial charge in [-0.2, -0.15) is 0 Å². The van der Waals surface area contributed by atoms with Crippen LogP contribution < -0.4 is 10.6 Å². The summed E-state index contributed by atoms with van der Waals surface area (Å²) >= 11 is 0. The molecule has 2 saturated heterocycles. The summed E-state index contributed by atoms with van der Waals surface area (Å²) < 4.78 is 61.4. The molecule has 13 atom stereocenters.